The van der Waals surface area contributed by atoms with Gasteiger partial charge in [-0.3, -0.25) is 18.5 Å². The molecule has 162 valence electrons. The number of rotatable bonds is 6. The molecule has 1 aliphatic rings. The van der Waals surface area contributed by atoms with E-state index in [1.807, 2.05) is 0 Å². The summed E-state index contributed by atoms with van der Waals surface area (Å²) in [6.45, 7) is 1.19. The number of hydrogen-bond acceptors (Lipinski definition) is 8. The summed E-state index contributed by atoms with van der Waals surface area (Å²) in [5.41, 5.74) is -0.703. The number of nitrogens with zero attached hydrogens (tertiary/aromatic N) is 1. The quantitative estimate of drug-likeness (QED) is 0.346. The van der Waals surface area contributed by atoms with Gasteiger partial charge < -0.3 is 9.47 Å². The fraction of sp³-hybridized carbons (Fsp3) is 0.389. The zero-order valence-electron chi connectivity index (χ0n) is 16.0. The first-order valence-electron chi connectivity index (χ1n) is 8.79. The molecule has 1 aliphatic heterocycles. The van der Waals surface area contributed by atoms with E-state index in [0.717, 1.165) is 10.8 Å². The lowest BCUT2D eigenvalue weighted by atomic mass is 10.2. The van der Waals surface area contributed by atoms with Crippen LogP contribution in [0.5, 0.6) is 0 Å². The number of benzene rings is 1. The Morgan fingerprint density at radius 3 is 2.57 bits per heavy atom. The van der Waals surface area contributed by atoms with E-state index in [4.69, 9.17) is 13.7 Å². The highest BCUT2D eigenvalue weighted by molar-refractivity contribution is 9.09. The molecule has 1 fully saturated rings. The fourth-order valence-electron chi connectivity index (χ4n) is 2.96. The van der Waals surface area contributed by atoms with Crippen molar-refractivity contribution in [2.24, 2.45) is 0 Å². The summed E-state index contributed by atoms with van der Waals surface area (Å²) in [5, 5.41) is 0. The summed E-state index contributed by atoms with van der Waals surface area (Å²) >= 11 is 3.32. The molecule has 1 N–H and O–H groups in total. The highest BCUT2D eigenvalue weighted by Gasteiger charge is 2.47. The van der Waals surface area contributed by atoms with Crippen LogP contribution in [0.15, 0.2) is 46.1 Å². The van der Waals surface area contributed by atoms with E-state index in [1.165, 1.54) is 13.1 Å². The highest BCUT2D eigenvalue weighted by Crippen LogP contribution is 2.36. The van der Waals surface area contributed by atoms with E-state index in [9.17, 15) is 22.8 Å². The third-order valence-electron chi connectivity index (χ3n) is 4.36. The number of halogens is 1. The van der Waals surface area contributed by atoms with Crippen LogP contribution in [-0.4, -0.2) is 53.8 Å². The van der Waals surface area contributed by atoms with Crippen molar-refractivity contribution in [2.75, 3.05) is 12.9 Å². The Morgan fingerprint density at radius 2 is 1.93 bits per heavy atom. The number of ether oxygens (including phenoxy) is 2. The Hall–Kier alpha value is -2.28. The Kier molecular flexibility index (Phi) is 6.60. The van der Waals surface area contributed by atoms with Crippen molar-refractivity contribution < 1.29 is 26.9 Å². The van der Waals surface area contributed by atoms with Crippen LogP contribution >= 0.6 is 15.9 Å². The van der Waals surface area contributed by atoms with Crippen LogP contribution in [0.3, 0.4) is 0 Å². The van der Waals surface area contributed by atoms with Crippen molar-refractivity contribution in [3.63, 3.8) is 0 Å². The smallest absolute Gasteiger partial charge is 0.338 e. The van der Waals surface area contributed by atoms with Crippen LogP contribution in [0.4, 0.5) is 0 Å². The first kappa shape index (κ1) is 22.4. The van der Waals surface area contributed by atoms with Gasteiger partial charge in [-0.15, -0.1) is 0 Å². The molecular formula is C18H19BrN2O8S. The summed E-state index contributed by atoms with van der Waals surface area (Å²) in [4.78, 5) is 37.5. The summed E-state index contributed by atoms with van der Waals surface area (Å²) in [5.74, 6) is -0.621. The Labute approximate surface area is 180 Å². The van der Waals surface area contributed by atoms with E-state index in [0.29, 0.717) is 5.56 Å². The molecule has 12 heteroatoms. The summed E-state index contributed by atoms with van der Waals surface area (Å²) in [7, 11) is -3.89. The lowest BCUT2D eigenvalue weighted by molar-refractivity contribution is -0.0487. The number of aromatic nitrogens is 2. The van der Waals surface area contributed by atoms with Gasteiger partial charge in [0, 0.05) is 11.8 Å². The van der Waals surface area contributed by atoms with Gasteiger partial charge in [0.1, 0.15) is 18.8 Å². The number of esters is 1. The van der Waals surface area contributed by atoms with Crippen LogP contribution in [-0.2, 0) is 23.8 Å². The van der Waals surface area contributed by atoms with Crippen molar-refractivity contribution in [2.45, 2.75) is 30.2 Å². The number of aryl methyl sites for hydroxylation is 1. The van der Waals surface area contributed by atoms with Gasteiger partial charge in [-0.05, 0) is 19.1 Å². The first-order valence-corrected chi connectivity index (χ1v) is 11.5. The number of carbonyl (C=O) groups is 1. The normalized spacial score (nSPS) is 24.0. The number of alkyl halides is 1. The molecular weight excluding hydrogens is 484 g/mol. The van der Waals surface area contributed by atoms with E-state index in [1.54, 1.807) is 30.3 Å². The molecule has 4 atom stereocenters. The molecule has 1 aromatic heterocycles. The van der Waals surface area contributed by atoms with Gasteiger partial charge in [0.25, 0.3) is 15.7 Å². The number of aromatic amines is 1. The van der Waals surface area contributed by atoms with Gasteiger partial charge in [0.2, 0.25) is 0 Å². The molecule has 0 saturated carbocycles. The minimum absolute atomic E-state index is 0.262. The van der Waals surface area contributed by atoms with Crippen molar-refractivity contribution in [3.05, 3.63) is 68.5 Å². The highest BCUT2D eigenvalue weighted by atomic mass is 79.9. The zero-order chi connectivity index (χ0) is 22.1. The zero-order valence-corrected chi connectivity index (χ0v) is 18.4. The van der Waals surface area contributed by atoms with E-state index in [-0.39, 0.29) is 12.2 Å². The van der Waals surface area contributed by atoms with Crippen LogP contribution < -0.4 is 11.2 Å². The maximum atomic E-state index is 12.2. The van der Waals surface area contributed by atoms with Gasteiger partial charge in [-0.2, -0.15) is 8.42 Å². The number of carbonyl (C=O) groups excluding carboxylic acids is 1. The molecule has 0 spiro atoms. The second kappa shape index (κ2) is 8.84. The predicted octanol–water partition coefficient (Wildman–Crippen LogP) is 0.708. The lowest BCUT2D eigenvalue weighted by Crippen LogP contribution is -2.38. The second-order valence-electron chi connectivity index (χ2n) is 6.72. The third-order valence-corrected chi connectivity index (χ3v) is 5.91. The molecule has 1 saturated heterocycles. The Bertz CT molecular complexity index is 1140. The van der Waals surface area contributed by atoms with E-state index in [2.05, 4.69) is 20.9 Å². The first-order chi connectivity index (χ1) is 14.1. The molecule has 2 heterocycles. The van der Waals surface area contributed by atoms with Gasteiger partial charge >= 0.3 is 11.7 Å². The van der Waals surface area contributed by atoms with Crippen molar-refractivity contribution in [1.82, 2.24) is 9.55 Å². The largest absolute Gasteiger partial charge is 0.459 e. The van der Waals surface area contributed by atoms with E-state index < -0.39 is 50.6 Å². The summed E-state index contributed by atoms with van der Waals surface area (Å²) in [6.07, 6.45) is -0.923. The number of H-pyrrole nitrogens is 1. The van der Waals surface area contributed by atoms with Crippen molar-refractivity contribution in [1.29, 1.82) is 0 Å². The van der Waals surface area contributed by atoms with Crippen LogP contribution in [0, 0.1) is 6.92 Å². The molecule has 30 heavy (non-hydrogen) atoms. The second-order valence-corrected chi connectivity index (χ2v) is 9.38. The molecule has 2 aromatic rings. The van der Waals surface area contributed by atoms with Crippen molar-refractivity contribution in [3.8, 4) is 0 Å². The lowest BCUT2D eigenvalue weighted by Gasteiger charge is -2.19. The van der Waals surface area contributed by atoms with Gasteiger partial charge in [-0.1, -0.05) is 34.1 Å². The van der Waals surface area contributed by atoms with Gasteiger partial charge in [0.05, 0.1) is 16.6 Å². The SMILES string of the molecule is Cc1cn(C2OC(COC(=O)c3ccccc3)C(OS(C)(=O)=O)C2Br)c(=O)[nH]c1=O. The molecule has 1 aromatic carbocycles. The maximum Gasteiger partial charge on any atom is 0.338 e. The maximum absolute atomic E-state index is 12.2. The topological polar surface area (TPSA) is 134 Å². The standard InChI is InChI=1S/C18H19BrN2O8S/c1-10-8-21(18(24)20-15(10)22)16-13(19)14(29-30(2,25)26)12(28-16)9-27-17(23)11-6-4-3-5-7-11/h3-8,12-14,16H,9H2,1-2H3,(H,20,22,24). The average Bonchev–Trinajstić information content (AvgIpc) is 2.97. The van der Waals surface area contributed by atoms with Crippen LogP contribution in [0.1, 0.15) is 22.1 Å². The molecule has 0 bridgehead atoms. The minimum Gasteiger partial charge on any atom is -0.459 e. The third kappa shape index (κ3) is 5.06. The average molecular weight is 503 g/mol. The monoisotopic (exact) mass is 502 g/mol. The summed E-state index contributed by atoms with van der Waals surface area (Å²) in [6, 6.07) is 8.24. The van der Waals surface area contributed by atoms with Gasteiger partial charge in [-0.25, -0.2) is 9.59 Å². The van der Waals surface area contributed by atoms with Crippen LogP contribution in [0.25, 0.3) is 0 Å². The van der Waals surface area contributed by atoms with Gasteiger partial charge in [0.15, 0.2) is 6.23 Å². The predicted molar refractivity (Wildman–Crippen MR) is 109 cm³/mol. The number of nitrogens with one attached hydrogen (secondary N) is 1. The molecule has 0 amide bonds. The molecule has 3 rings (SSSR count). The Balaban J connectivity index is 1.85. The molecule has 0 aliphatic carbocycles. The fourth-order valence-corrected chi connectivity index (χ4v) is 4.58. The molecule has 0 radical (unpaired) electrons. The minimum atomic E-state index is -3.89. The summed E-state index contributed by atoms with van der Waals surface area (Å²) < 4.78 is 40.8. The molecule has 10 nitrogen and oxygen atoms in total. The number of hydrogen-bond donors (Lipinski definition) is 1. The Morgan fingerprint density at radius 1 is 1.27 bits per heavy atom. The van der Waals surface area contributed by atoms with Crippen LogP contribution in [0.2, 0.25) is 0 Å². The van der Waals surface area contributed by atoms with E-state index >= 15 is 0 Å². The van der Waals surface area contributed by atoms with Crippen molar-refractivity contribution >= 4 is 32.0 Å². The molecule has 4 unspecified atom stereocenters.